The van der Waals surface area contributed by atoms with E-state index in [4.69, 9.17) is 4.74 Å². The highest BCUT2D eigenvalue weighted by molar-refractivity contribution is 9.10. The van der Waals surface area contributed by atoms with Crippen LogP contribution in [0.4, 0.5) is 5.69 Å². The number of aliphatic imine (C=N–C) groups is 1. The second-order valence-electron chi connectivity index (χ2n) is 5.60. The van der Waals surface area contributed by atoms with Crippen LogP contribution in [0, 0.1) is 0 Å². The Kier molecular flexibility index (Phi) is 6.03. The number of ether oxygens (including phenoxy) is 1. The smallest absolute Gasteiger partial charge is 0.267 e. The van der Waals surface area contributed by atoms with Gasteiger partial charge in [-0.3, -0.25) is 9.69 Å². The molecule has 27 heavy (non-hydrogen) atoms. The molecule has 0 aromatic heterocycles. The van der Waals surface area contributed by atoms with Crippen LogP contribution >= 0.6 is 27.7 Å². The maximum Gasteiger partial charge on any atom is 0.267 e. The minimum atomic E-state index is -0.141. The Balaban J connectivity index is 1.98. The van der Waals surface area contributed by atoms with E-state index < -0.39 is 0 Å². The Labute approximate surface area is 170 Å². The third-order valence-electron chi connectivity index (χ3n) is 3.75. The van der Waals surface area contributed by atoms with Crippen LogP contribution in [-0.4, -0.2) is 34.7 Å². The van der Waals surface area contributed by atoms with Gasteiger partial charge in [0.15, 0.2) is 16.7 Å². The predicted molar refractivity (Wildman–Crippen MR) is 113 cm³/mol. The van der Waals surface area contributed by atoms with Crippen molar-refractivity contribution in [3.8, 4) is 11.5 Å². The highest BCUT2D eigenvalue weighted by Gasteiger charge is 2.32. The minimum Gasteiger partial charge on any atom is -0.503 e. The number of para-hydroxylation sites is 1. The number of phenolic OH excluding ortho intramolecular Hbond substituents is 1. The number of carbonyl (C=O) groups excluding carboxylic acids is 1. The molecular formula is C20H17BrN2O3S. The summed E-state index contributed by atoms with van der Waals surface area (Å²) in [5.41, 5.74) is 1.50. The molecule has 7 heteroatoms. The number of aromatic hydroxyl groups is 1. The van der Waals surface area contributed by atoms with Gasteiger partial charge in [0, 0.05) is 6.54 Å². The SMILES string of the molecule is C=CCN1C(=O)/C(=C/c2cc(Br)c(O)c(OC)c2)SC1=Nc1ccccc1. The normalized spacial score (nSPS) is 17.0. The van der Waals surface area contributed by atoms with Crippen molar-refractivity contribution in [3.05, 3.63) is 70.1 Å². The van der Waals surface area contributed by atoms with Gasteiger partial charge >= 0.3 is 0 Å². The number of hydrogen-bond acceptors (Lipinski definition) is 5. The summed E-state index contributed by atoms with van der Waals surface area (Å²) in [6, 6.07) is 12.9. The molecule has 0 radical (unpaired) electrons. The molecule has 1 amide bonds. The minimum absolute atomic E-state index is 0.0182. The van der Waals surface area contributed by atoms with Crippen LogP contribution in [0.15, 0.2) is 69.5 Å². The van der Waals surface area contributed by atoms with E-state index in [9.17, 15) is 9.90 Å². The Morgan fingerprint density at radius 1 is 1.33 bits per heavy atom. The number of benzene rings is 2. The number of nitrogens with zero attached hydrogens (tertiary/aromatic N) is 2. The van der Waals surface area contributed by atoms with Crippen molar-refractivity contribution in [2.24, 2.45) is 4.99 Å². The monoisotopic (exact) mass is 444 g/mol. The lowest BCUT2D eigenvalue weighted by molar-refractivity contribution is -0.121. The molecule has 3 rings (SSSR count). The number of methoxy groups -OCH3 is 1. The van der Waals surface area contributed by atoms with Gasteiger partial charge in [0.2, 0.25) is 0 Å². The van der Waals surface area contributed by atoms with Crippen molar-refractivity contribution in [1.82, 2.24) is 4.90 Å². The van der Waals surface area contributed by atoms with Crippen LogP contribution < -0.4 is 4.74 Å². The summed E-state index contributed by atoms with van der Waals surface area (Å²) in [6.07, 6.45) is 3.42. The second kappa shape index (κ2) is 8.45. The van der Waals surface area contributed by atoms with E-state index in [-0.39, 0.29) is 11.7 Å². The highest BCUT2D eigenvalue weighted by atomic mass is 79.9. The Bertz CT molecular complexity index is 942. The summed E-state index contributed by atoms with van der Waals surface area (Å²) in [7, 11) is 1.48. The topological polar surface area (TPSA) is 62.1 Å². The summed E-state index contributed by atoms with van der Waals surface area (Å²) in [4.78, 5) is 19.5. The molecule has 0 saturated carbocycles. The number of hydrogen-bond donors (Lipinski definition) is 1. The van der Waals surface area contributed by atoms with Gasteiger partial charge < -0.3 is 9.84 Å². The predicted octanol–water partition coefficient (Wildman–Crippen LogP) is 4.95. The molecule has 1 heterocycles. The lowest BCUT2D eigenvalue weighted by Crippen LogP contribution is -2.29. The van der Waals surface area contributed by atoms with Gasteiger partial charge in [0.25, 0.3) is 5.91 Å². The first-order valence-corrected chi connectivity index (χ1v) is 9.67. The third-order valence-corrected chi connectivity index (χ3v) is 5.36. The zero-order chi connectivity index (χ0) is 19.4. The molecule has 1 aliphatic heterocycles. The third kappa shape index (κ3) is 4.26. The first-order chi connectivity index (χ1) is 13.0. The van der Waals surface area contributed by atoms with E-state index in [2.05, 4.69) is 27.5 Å². The first kappa shape index (κ1) is 19.3. The molecule has 0 aliphatic carbocycles. The highest BCUT2D eigenvalue weighted by Crippen LogP contribution is 2.38. The van der Waals surface area contributed by atoms with E-state index in [0.29, 0.717) is 26.8 Å². The molecule has 0 spiro atoms. The van der Waals surface area contributed by atoms with Gasteiger partial charge in [-0.2, -0.15) is 0 Å². The van der Waals surface area contributed by atoms with Gasteiger partial charge in [-0.25, -0.2) is 4.99 Å². The average molecular weight is 445 g/mol. The number of carbonyl (C=O) groups is 1. The quantitative estimate of drug-likeness (QED) is 0.523. The molecule has 138 valence electrons. The fourth-order valence-electron chi connectivity index (χ4n) is 2.48. The fraction of sp³-hybridized carbons (Fsp3) is 0.100. The van der Waals surface area contributed by atoms with Gasteiger partial charge in [-0.1, -0.05) is 24.3 Å². The van der Waals surface area contributed by atoms with Crippen LogP contribution in [0.1, 0.15) is 5.56 Å². The van der Waals surface area contributed by atoms with Gasteiger partial charge in [0.05, 0.1) is 22.2 Å². The van der Waals surface area contributed by atoms with E-state index >= 15 is 0 Å². The average Bonchev–Trinajstić information content (AvgIpc) is 2.94. The molecule has 1 N–H and O–H groups in total. The molecule has 1 saturated heterocycles. The molecule has 0 unspecified atom stereocenters. The van der Waals surface area contributed by atoms with E-state index in [1.54, 1.807) is 29.2 Å². The van der Waals surface area contributed by atoms with Gasteiger partial charge in [0.1, 0.15) is 0 Å². The van der Waals surface area contributed by atoms with E-state index in [1.807, 2.05) is 30.3 Å². The summed E-state index contributed by atoms with van der Waals surface area (Å²) in [5.74, 6) is 0.204. The molecule has 0 bridgehead atoms. The molecule has 2 aromatic rings. The van der Waals surface area contributed by atoms with Crippen LogP contribution in [0.3, 0.4) is 0 Å². The van der Waals surface area contributed by atoms with Crippen molar-refractivity contribution in [2.75, 3.05) is 13.7 Å². The largest absolute Gasteiger partial charge is 0.503 e. The molecule has 1 fully saturated rings. The summed E-state index contributed by atoms with van der Waals surface area (Å²) in [6.45, 7) is 4.10. The van der Waals surface area contributed by atoms with Gasteiger partial charge in [-0.15, -0.1) is 6.58 Å². The summed E-state index contributed by atoms with van der Waals surface area (Å²) < 4.78 is 5.66. The molecule has 1 aliphatic rings. The Morgan fingerprint density at radius 3 is 2.74 bits per heavy atom. The van der Waals surface area contributed by atoms with Crippen molar-refractivity contribution >= 4 is 50.5 Å². The lowest BCUT2D eigenvalue weighted by Gasteiger charge is -2.12. The van der Waals surface area contributed by atoms with Crippen LogP contribution in [0.25, 0.3) is 6.08 Å². The zero-order valence-electron chi connectivity index (χ0n) is 14.6. The number of phenols is 1. The van der Waals surface area contributed by atoms with Crippen molar-refractivity contribution in [2.45, 2.75) is 0 Å². The number of rotatable bonds is 5. The van der Waals surface area contributed by atoms with Gasteiger partial charge in [-0.05, 0) is 63.6 Å². The maximum absolute atomic E-state index is 12.8. The molecular weight excluding hydrogens is 428 g/mol. The number of halogens is 1. The fourth-order valence-corrected chi connectivity index (χ4v) is 3.95. The van der Waals surface area contributed by atoms with E-state index in [0.717, 1.165) is 11.3 Å². The zero-order valence-corrected chi connectivity index (χ0v) is 17.0. The molecule has 5 nitrogen and oxygen atoms in total. The maximum atomic E-state index is 12.8. The lowest BCUT2D eigenvalue weighted by atomic mass is 10.2. The number of amidine groups is 1. The van der Waals surface area contributed by atoms with Crippen molar-refractivity contribution < 1.29 is 14.6 Å². The first-order valence-electron chi connectivity index (χ1n) is 8.06. The van der Waals surface area contributed by atoms with Crippen LogP contribution in [0.5, 0.6) is 11.5 Å². The van der Waals surface area contributed by atoms with Crippen LogP contribution in [0.2, 0.25) is 0 Å². The van der Waals surface area contributed by atoms with Crippen LogP contribution in [-0.2, 0) is 4.79 Å². The summed E-state index contributed by atoms with van der Waals surface area (Å²) >= 11 is 4.60. The number of amides is 1. The van der Waals surface area contributed by atoms with Crippen molar-refractivity contribution in [3.63, 3.8) is 0 Å². The standard InChI is InChI=1S/C20H17BrN2O3S/c1-3-9-23-19(25)17(27-20(23)22-14-7-5-4-6-8-14)12-13-10-15(21)18(24)16(11-13)26-2/h3-8,10-12,24H,1,9H2,2H3/b17-12-,22-20?. The second-order valence-corrected chi connectivity index (χ2v) is 7.46. The molecule has 0 atom stereocenters. The van der Waals surface area contributed by atoms with E-state index in [1.165, 1.54) is 18.9 Å². The summed E-state index contributed by atoms with van der Waals surface area (Å²) in [5, 5.41) is 10.5. The van der Waals surface area contributed by atoms with Crippen molar-refractivity contribution in [1.29, 1.82) is 0 Å². The Hall–Kier alpha value is -2.51. The Morgan fingerprint density at radius 2 is 2.07 bits per heavy atom. The number of thioether (sulfide) groups is 1. The molecule has 2 aromatic carbocycles.